The molecule has 2 rings (SSSR count). The first kappa shape index (κ1) is 14.4. The number of benzene rings is 1. The zero-order valence-corrected chi connectivity index (χ0v) is 12.5. The fraction of sp³-hybridized carbons (Fsp3) is 0.625. The molecule has 1 aromatic rings. The van der Waals surface area contributed by atoms with E-state index in [9.17, 15) is 0 Å². The van der Waals surface area contributed by atoms with Crippen LogP contribution in [0.25, 0.3) is 0 Å². The summed E-state index contributed by atoms with van der Waals surface area (Å²) < 4.78 is 5.81. The van der Waals surface area contributed by atoms with Gasteiger partial charge in [0.2, 0.25) is 0 Å². The first-order valence-electron chi connectivity index (χ1n) is 7.41. The van der Waals surface area contributed by atoms with Crippen molar-refractivity contribution in [3.05, 3.63) is 28.8 Å². The summed E-state index contributed by atoms with van der Waals surface area (Å²) >= 11 is 0. The summed E-state index contributed by atoms with van der Waals surface area (Å²) in [6, 6.07) is 4.59. The molecule has 106 valence electrons. The van der Waals surface area contributed by atoms with E-state index in [0.29, 0.717) is 0 Å². The minimum atomic E-state index is 0.732. The van der Waals surface area contributed by atoms with Crippen LogP contribution in [0.3, 0.4) is 0 Å². The molecule has 1 N–H and O–H groups in total. The maximum Gasteiger partial charge on any atom is 0.124 e. The number of hydrogen-bond acceptors (Lipinski definition) is 3. The third-order valence-electron chi connectivity index (χ3n) is 3.63. The lowest BCUT2D eigenvalue weighted by Gasteiger charge is -2.26. The van der Waals surface area contributed by atoms with Crippen LogP contribution in [-0.2, 0) is 19.5 Å². The first-order chi connectivity index (χ1) is 9.24. The Morgan fingerprint density at radius 2 is 2.11 bits per heavy atom. The first-order valence-corrected chi connectivity index (χ1v) is 7.41. The Hall–Kier alpha value is -1.06. The van der Waals surface area contributed by atoms with Gasteiger partial charge < -0.3 is 15.0 Å². The smallest absolute Gasteiger partial charge is 0.124 e. The average Bonchev–Trinajstić information content (AvgIpc) is 2.40. The van der Waals surface area contributed by atoms with Gasteiger partial charge in [0, 0.05) is 25.2 Å². The average molecular weight is 262 g/mol. The predicted molar refractivity (Wildman–Crippen MR) is 79.6 cm³/mol. The van der Waals surface area contributed by atoms with Crippen molar-refractivity contribution in [2.45, 2.75) is 39.8 Å². The molecule has 0 fully saturated rings. The highest BCUT2D eigenvalue weighted by Crippen LogP contribution is 2.27. The number of nitrogens with one attached hydrogen (secondary N) is 1. The molecule has 0 unspecified atom stereocenters. The SMILES string of the molecule is CCCNCc1cc2c(cc1OCC)CN(C)CC2. The number of likely N-dealkylation sites (N-methyl/N-ethyl adjacent to an activating group) is 1. The van der Waals surface area contributed by atoms with Gasteiger partial charge in [0.1, 0.15) is 5.75 Å². The standard InChI is InChI=1S/C16H26N2O/c1-4-7-17-11-14-9-13-6-8-18(3)12-15(13)10-16(14)19-5-2/h9-10,17H,4-8,11-12H2,1-3H3. The van der Waals surface area contributed by atoms with Crippen molar-refractivity contribution in [1.82, 2.24) is 10.2 Å². The van der Waals surface area contributed by atoms with Crippen LogP contribution >= 0.6 is 0 Å². The molecule has 1 aliphatic heterocycles. The van der Waals surface area contributed by atoms with Gasteiger partial charge in [0.05, 0.1) is 6.61 Å². The molecule has 1 aromatic carbocycles. The fourth-order valence-corrected chi connectivity index (χ4v) is 2.61. The van der Waals surface area contributed by atoms with E-state index < -0.39 is 0 Å². The summed E-state index contributed by atoms with van der Waals surface area (Å²) in [6.07, 6.45) is 2.32. The predicted octanol–water partition coefficient (Wildman–Crippen LogP) is 2.57. The Morgan fingerprint density at radius 3 is 2.84 bits per heavy atom. The molecule has 0 amide bonds. The zero-order chi connectivity index (χ0) is 13.7. The lowest BCUT2D eigenvalue weighted by Crippen LogP contribution is -2.27. The van der Waals surface area contributed by atoms with Crippen molar-refractivity contribution in [2.75, 3.05) is 26.7 Å². The highest BCUT2D eigenvalue weighted by atomic mass is 16.5. The second-order valence-electron chi connectivity index (χ2n) is 5.33. The van der Waals surface area contributed by atoms with E-state index in [2.05, 4.69) is 43.2 Å². The minimum absolute atomic E-state index is 0.732. The molecule has 0 saturated heterocycles. The van der Waals surface area contributed by atoms with Crippen LogP contribution in [0, 0.1) is 0 Å². The fourth-order valence-electron chi connectivity index (χ4n) is 2.61. The molecule has 0 bridgehead atoms. The Labute approximate surface area is 116 Å². The summed E-state index contributed by atoms with van der Waals surface area (Å²) in [7, 11) is 2.18. The van der Waals surface area contributed by atoms with Gasteiger partial charge in [-0.15, -0.1) is 0 Å². The van der Waals surface area contributed by atoms with Crippen molar-refractivity contribution in [3.8, 4) is 5.75 Å². The molecule has 0 atom stereocenters. The number of ether oxygens (including phenoxy) is 1. The van der Waals surface area contributed by atoms with Crippen LogP contribution < -0.4 is 10.1 Å². The summed E-state index contributed by atoms with van der Waals surface area (Å²) in [6.45, 7) is 9.14. The summed E-state index contributed by atoms with van der Waals surface area (Å²) in [5, 5.41) is 3.48. The quantitative estimate of drug-likeness (QED) is 0.798. The van der Waals surface area contributed by atoms with E-state index in [4.69, 9.17) is 4.74 Å². The van der Waals surface area contributed by atoms with Crippen molar-refractivity contribution >= 4 is 0 Å². The number of hydrogen-bond donors (Lipinski definition) is 1. The third-order valence-corrected chi connectivity index (χ3v) is 3.63. The normalized spacial score (nSPS) is 15.3. The number of nitrogens with zero attached hydrogens (tertiary/aromatic N) is 1. The Morgan fingerprint density at radius 1 is 1.26 bits per heavy atom. The van der Waals surface area contributed by atoms with Gasteiger partial charge in [-0.25, -0.2) is 0 Å². The van der Waals surface area contributed by atoms with Gasteiger partial charge in [-0.05, 0) is 50.6 Å². The molecule has 0 radical (unpaired) electrons. The molecule has 3 heteroatoms. The molecule has 0 aromatic heterocycles. The molecule has 1 heterocycles. The number of fused-ring (bicyclic) bond motifs is 1. The van der Waals surface area contributed by atoms with Crippen molar-refractivity contribution in [2.24, 2.45) is 0 Å². The Bertz CT molecular complexity index is 417. The molecule has 0 saturated carbocycles. The minimum Gasteiger partial charge on any atom is -0.494 e. The second-order valence-corrected chi connectivity index (χ2v) is 5.33. The monoisotopic (exact) mass is 262 g/mol. The number of rotatable bonds is 6. The largest absolute Gasteiger partial charge is 0.494 e. The van der Waals surface area contributed by atoms with Crippen LogP contribution in [0.5, 0.6) is 5.75 Å². The van der Waals surface area contributed by atoms with Gasteiger partial charge in [-0.3, -0.25) is 0 Å². The summed E-state index contributed by atoms with van der Waals surface area (Å²) in [5.74, 6) is 1.06. The zero-order valence-electron chi connectivity index (χ0n) is 12.5. The maximum atomic E-state index is 5.81. The van der Waals surface area contributed by atoms with Crippen molar-refractivity contribution in [1.29, 1.82) is 0 Å². The van der Waals surface area contributed by atoms with Gasteiger partial charge in [-0.2, -0.15) is 0 Å². The molecular formula is C16H26N2O. The lowest BCUT2D eigenvalue weighted by molar-refractivity contribution is 0.307. The van der Waals surface area contributed by atoms with E-state index in [1.54, 1.807) is 0 Å². The van der Waals surface area contributed by atoms with Gasteiger partial charge in [-0.1, -0.05) is 13.0 Å². The van der Waals surface area contributed by atoms with Crippen molar-refractivity contribution < 1.29 is 4.74 Å². The Balaban J connectivity index is 2.20. The molecule has 1 aliphatic rings. The van der Waals surface area contributed by atoms with Gasteiger partial charge in [0.25, 0.3) is 0 Å². The highest BCUT2D eigenvalue weighted by molar-refractivity contribution is 5.44. The van der Waals surface area contributed by atoms with E-state index in [1.807, 2.05) is 0 Å². The van der Waals surface area contributed by atoms with Crippen molar-refractivity contribution in [3.63, 3.8) is 0 Å². The third kappa shape index (κ3) is 3.71. The highest BCUT2D eigenvalue weighted by Gasteiger charge is 2.16. The molecule has 19 heavy (non-hydrogen) atoms. The van der Waals surface area contributed by atoms with E-state index in [0.717, 1.165) is 45.0 Å². The lowest BCUT2D eigenvalue weighted by atomic mass is 9.96. The van der Waals surface area contributed by atoms with E-state index in [1.165, 1.54) is 23.1 Å². The maximum absolute atomic E-state index is 5.81. The molecule has 0 spiro atoms. The summed E-state index contributed by atoms with van der Waals surface area (Å²) in [4.78, 5) is 2.37. The van der Waals surface area contributed by atoms with E-state index >= 15 is 0 Å². The molecule has 0 aliphatic carbocycles. The Kier molecular flexibility index (Phi) is 5.23. The topological polar surface area (TPSA) is 24.5 Å². The van der Waals surface area contributed by atoms with Crippen LogP contribution in [-0.4, -0.2) is 31.6 Å². The van der Waals surface area contributed by atoms with Crippen LogP contribution in [0.2, 0.25) is 0 Å². The van der Waals surface area contributed by atoms with Gasteiger partial charge in [0.15, 0.2) is 0 Å². The van der Waals surface area contributed by atoms with Crippen LogP contribution in [0.15, 0.2) is 12.1 Å². The second kappa shape index (κ2) is 6.92. The van der Waals surface area contributed by atoms with Gasteiger partial charge >= 0.3 is 0 Å². The summed E-state index contributed by atoms with van der Waals surface area (Å²) in [5.41, 5.74) is 4.23. The molecule has 3 nitrogen and oxygen atoms in total. The van der Waals surface area contributed by atoms with Crippen LogP contribution in [0.4, 0.5) is 0 Å². The molecular weight excluding hydrogens is 236 g/mol. The van der Waals surface area contributed by atoms with E-state index in [-0.39, 0.29) is 0 Å². The van der Waals surface area contributed by atoms with Crippen LogP contribution in [0.1, 0.15) is 37.0 Å².